The first-order valence-corrected chi connectivity index (χ1v) is 21.2. The van der Waals surface area contributed by atoms with Crippen LogP contribution in [0.1, 0.15) is 133 Å². The number of rotatable bonds is 20. The molecule has 2 fully saturated rings. The molecular weight excluding hydrogens is 787 g/mol. The van der Waals surface area contributed by atoms with Crippen molar-refractivity contribution in [2.75, 3.05) is 31.6 Å². The van der Waals surface area contributed by atoms with Gasteiger partial charge in [-0.3, -0.25) is 29.5 Å². The number of hydrogen-bond donors (Lipinski definition) is 2. The molecular formula is C44H53ClF3N5O6. The molecule has 0 saturated carbocycles. The Morgan fingerprint density at radius 3 is 2.31 bits per heavy atom. The molecule has 15 heteroatoms. The number of nitrogens with zero attached hydrogens (tertiary/aromatic N) is 3. The molecule has 318 valence electrons. The predicted molar refractivity (Wildman–Crippen MR) is 218 cm³/mol. The van der Waals surface area contributed by atoms with Gasteiger partial charge in [-0.15, -0.1) is 0 Å². The minimum absolute atomic E-state index is 0.0760. The van der Waals surface area contributed by atoms with Crippen molar-refractivity contribution < 1.29 is 41.8 Å². The summed E-state index contributed by atoms with van der Waals surface area (Å²) in [6.07, 6.45) is 16.1. The summed E-state index contributed by atoms with van der Waals surface area (Å²) in [6.45, 7) is 2.17. The van der Waals surface area contributed by atoms with Crippen LogP contribution in [0.4, 0.5) is 18.9 Å². The molecule has 4 amide bonds. The van der Waals surface area contributed by atoms with Crippen molar-refractivity contribution in [3.8, 4) is 11.5 Å². The number of aromatic nitrogens is 1. The molecule has 1 aromatic heterocycles. The number of aryl methyl sites for hydroxylation is 1. The van der Waals surface area contributed by atoms with Crippen LogP contribution in [-0.4, -0.2) is 77.3 Å². The summed E-state index contributed by atoms with van der Waals surface area (Å²) in [5, 5.41) is 5.36. The molecule has 2 aromatic carbocycles. The number of pyridine rings is 1. The van der Waals surface area contributed by atoms with Crippen LogP contribution in [0.5, 0.6) is 11.5 Å². The van der Waals surface area contributed by atoms with Gasteiger partial charge in [0.05, 0.1) is 17.3 Å². The van der Waals surface area contributed by atoms with E-state index in [4.69, 9.17) is 16.3 Å². The van der Waals surface area contributed by atoms with Crippen LogP contribution in [0, 0.1) is 12.7 Å². The maximum Gasteiger partial charge on any atom is 0.387 e. The summed E-state index contributed by atoms with van der Waals surface area (Å²) in [6, 6.07) is 6.22. The van der Waals surface area contributed by atoms with Gasteiger partial charge in [0, 0.05) is 36.5 Å². The third kappa shape index (κ3) is 11.7. The number of alkyl halides is 2. The summed E-state index contributed by atoms with van der Waals surface area (Å²) < 4.78 is 51.3. The predicted octanol–water partition coefficient (Wildman–Crippen LogP) is 8.96. The fourth-order valence-electron chi connectivity index (χ4n) is 8.35. The number of unbranched alkanes of at least 4 members (excludes halogenated alkanes) is 9. The van der Waals surface area contributed by atoms with Crippen molar-refractivity contribution in [2.24, 2.45) is 0 Å². The third-order valence-corrected chi connectivity index (χ3v) is 11.8. The van der Waals surface area contributed by atoms with E-state index < -0.39 is 30.3 Å². The monoisotopic (exact) mass is 839 g/mol. The van der Waals surface area contributed by atoms with Gasteiger partial charge in [0.15, 0.2) is 11.5 Å². The minimum atomic E-state index is -3.03. The van der Waals surface area contributed by atoms with E-state index in [0.29, 0.717) is 23.4 Å². The van der Waals surface area contributed by atoms with E-state index in [1.54, 1.807) is 19.2 Å². The number of anilines is 1. The van der Waals surface area contributed by atoms with Crippen LogP contribution in [0.15, 0.2) is 42.7 Å². The van der Waals surface area contributed by atoms with Crippen molar-refractivity contribution in [2.45, 2.75) is 122 Å². The van der Waals surface area contributed by atoms with E-state index in [-0.39, 0.29) is 59.2 Å². The molecule has 2 saturated heterocycles. The van der Waals surface area contributed by atoms with Crippen LogP contribution in [0.25, 0.3) is 0 Å². The van der Waals surface area contributed by atoms with Crippen molar-refractivity contribution in [3.63, 3.8) is 0 Å². The summed E-state index contributed by atoms with van der Waals surface area (Å²) in [7, 11) is 0. The lowest BCUT2D eigenvalue weighted by Gasteiger charge is -2.33. The number of carbonyl (C=O) groups is 4. The second-order valence-corrected chi connectivity index (χ2v) is 16.1. The Bertz CT molecular complexity index is 1960. The highest BCUT2D eigenvalue weighted by Crippen LogP contribution is 2.38. The van der Waals surface area contributed by atoms with Gasteiger partial charge in [-0.25, -0.2) is 4.39 Å². The first kappa shape index (κ1) is 43.9. The second-order valence-electron chi connectivity index (χ2n) is 15.7. The van der Waals surface area contributed by atoms with E-state index in [2.05, 4.69) is 25.3 Å². The lowest BCUT2D eigenvalue weighted by Crippen LogP contribution is -2.52. The van der Waals surface area contributed by atoms with E-state index in [0.717, 1.165) is 82.1 Å². The SMILES string of the molecule is Cc1cncc(Cl)c1NC(=O)c1ccc(OC(F)F)c(OCCCCCCCCCCCCN2CCC(c3cc(F)cc4c3CN(C3CCC(=O)NC3=O)C4=O)CC2)c1. The molecule has 0 spiro atoms. The maximum atomic E-state index is 14.8. The Hall–Kier alpha value is -4.69. The smallest absolute Gasteiger partial charge is 0.387 e. The standard InChI is InChI=1S/C44H53ClF3N5O6/c1-28-25-49-26-35(45)40(28)51-41(55)30-12-14-37(59-44(47)48)38(22-30)58-21-11-9-7-5-3-2-4-6-8-10-18-52-19-16-29(17-20-52)32-23-31(46)24-33-34(32)27-53(43(33)57)36-13-15-39(54)50-42(36)56/h12,14,22-26,29,36,44H,2-11,13,15-21,27H2,1H3,(H,49,51,55)(H,50,54,56). The molecule has 4 heterocycles. The Balaban J connectivity index is 0.821. The van der Waals surface area contributed by atoms with Crippen molar-refractivity contribution in [3.05, 3.63) is 81.4 Å². The number of halogens is 4. The van der Waals surface area contributed by atoms with Gasteiger partial charge in [0.25, 0.3) is 11.8 Å². The number of piperidine rings is 2. The normalized spacial score (nSPS) is 17.4. The number of imide groups is 1. The molecule has 11 nitrogen and oxygen atoms in total. The van der Waals surface area contributed by atoms with Gasteiger partial charge < -0.3 is 24.6 Å². The number of amides is 4. The largest absolute Gasteiger partial charge is 0.490 e. The molecule has 0 aliphatic carbocycles. The zero-order valence-electron chi connectivity index (χ0n) is 33.5. The zero-order chi connectivity index (χ0) is 41.9. The molecule has 0 bridgehead atoms. The first-order chi connectivity index (χ1) is 28.5. The zero-order valence-corrected chi connectivity index (χ0v) is 34.3. The average molecular weight is 840 g/mol. The molecule has 3 aliphatic heterocycles. The van der Waals surface area contributed by atoms with Crippen LogP contribution < -0.4 is 20.1 Å². The minimum Gasteiger partial charge on any atom is -0.490 e. The maximum absolute atomic E-state index is 14.8. The fraction of sp³-hybridized carbons (Fsp3) is 0.523. The van der Waals surface area contributed by atoms with Crippen LogP contribution in [0.3, 0.4) is 0 Å². The molecule has 2 N–H and O–H groups in total. The quantitative estimate of drug-likeness (QED) is 0.0853. The molecule has 3 aliphatic rings. The third-order valence-electron chi connectivity index (χ3n) is 11.6. The highest BCUT2D eigenvalue weighted by molar-refractivity contribution is 6.34. The summed E-state index contributed by atoms with van der Waals surface area (Å²) in [4.78, 5) is 58.3. The Kier molecular flexibility index (Phi) is 15.6. The van der Waals surface area contributed by atoms with E-state index in [9.17, 15) is 32.3 Å². The van der Waals surface area contributed by atoms with Gasteiger partial charge in [-0.05, 0) is 112 Å². The van der Waals surface area contributed by atoms with Gasteiger partial charge in [0.1, 0.15) is 11.9 Å². The number of hydrogen-bond acceptors (Lipinski definition) is 8. The molecule has 1 unspecified atom stereocenters. The number of likely N-dealkylation sites (tertiary alicyclic amines) is 1. The van der Waals surface area contributed by atoms with Gasteiger partial charge >= 0.3 is 6.61 Å². The number of fused-ring (bicyclic) bond motifs is 1. The lowest BCUT2D eigenvalue weighted by atomic mass is 9.85. The Morgan fingerprint density at radius 2 is 1.63 bits per heavy atom. The highest BCUT2D eigenvalue weighted by atomic mass is 35.5. The number of carbonyl (C=O) groups excluding carboxylic acids is 4. The average Bonchev–Trinajstić information content (AvgIpc) is 3.53. The van der Waals surface area contributed by atoms with Crippen molar-refractivity contribution in [1.29, 1.82) is 0 Å². The van der Waals surface area contributed by atoms with Crippen molar-refractivity contribution >= 4 is 40.9 Å². The first-order valence-electron chi connectivity index (χ1n) is 20.8. The molecule has 6 rings (SSSR count). The molecule has 59 heavy (non-hydrogen) atoms. The number of nitrogens with one attached hydrogen (secondary N) is 2. The topological polar surface area (TPSA) is 130 Å². The van der Waals surface area contributed by atoms with E-state index in [1.165, 1.54) is 61.0 Å². The summed E-state index contributed by atoms with van der Waals surface area (Å²) in [5.41, 5.74) is 3.34. The summed E-state index contributed by atoms with van der Waals surface area (Å²) in [5.74, 6) is -1.95. The van der Waals surface area contributed by atoms with Gasteiger partial charge in [-0.1, -0.05) is 63.0 Å². The Labute approximate surface area is 348 Å². The second kappa shape index (κ2) is 21.0. The molecule has 1 atom stereocenters. The fourth-order valence-corrected chi connectivity index (χ4v) is 8.60. The lowest BCUT2D eigenvalue weighted by molar-refractivity contribution is -0.136. The number of ether oxygens (including phenoxy) is 2. The summed E-state index contributed by atoms with van der Waals surface area (Å²) >= 11 is 6.19. The molecule has 0 radical (unpaired) electrons. The van der Waals surface area contributed by atoms with Gasteiger partial charge in [-0.2, -0.15) is 8.78 Å². The van der Waals surface area contributed by atoms with Crippen LogP contribution in [-0.2, 0) is 16.1 Å². The van der Waals surface area contributed by atoms with Crippen molar-refractivity contribution in [1.82, 2.24) is 20.1 Å². The van der Waals surface area contributed by atoms with Crippen LogP contribution in [0.2, 0.25) is 5.02 Å². The van der Waals surface area contributed by atoms with E-state index >= 15 is 0 Å². The van der Waals surface area contributed by atoms with Gasteiger partial charge in [0.2, 0.25) is 11.8 Å². The van der Waals surface area contributed by atoms with Crippen LogP contribution >= 0.6 is 11.6 Å². The van der Waals surface area contributed by atoms with E-state index in [1.807, 2.05) is 0 Å². The number of benzene rings is 2. The highest BCUT2D eigenvalue weighted by Gasteiger charge is 2.41. The molecule has 3 aromatic rings. The Morgan fingerprint density at radius 1 is 0.932 bits per heavy atom.